The van der Waals surface area contributed by atoms with Gasteiger partial charge in [0, 0.05) is 64.5 Å². The molecule has 4 bridgehead atoms. The third-order valence-corrected chi connectivity index (χ3v) is 13.0. The first-order valence-electron chi connectivity index (χ1n) is 20.2. The van der Waals surface area contributed by atoms with E-state index in [9.17, 15) is 0 Å². The predicted octanol–water partition coefficient (Wildman–Crippen LogP) is 16.6. The van der Waals surface area contributed by atoms with Crippen LogP contribution in [-0.4, -0.2) is 0 Å². The van der Waals surface area contributed by atoms with Gasteiger partial charge in [0.05, 0.1) is 28.4 Å². The van der Waals surface area contributed by atoms with Crippen molar-refractivity contribution in [1.29, 1.82) is 0 Å². The Bertz CT molecular complexity index is 3410. The van der Waals surface area contributed by atoms with E-state index in [1.165, 1.54) is 20.2 Å². The molecule has 1 aliphatic rings. The van der Waals surface area contributed by atoms with Gasteiger partial charge in [0.2, 0.25) is 0 Å². The van der Waals surface area contributed by atoms with Crippen LogP contribution in [0.1, 0.15) is 0 Å². The van der Waals surface area contributed by atoms with Crippen LogP contribution in [0.25, 0.3) is 64.0 Å². The average Bonchev–Trinajstić information content (AvgIpc) is 3.99. The summed E-state index contributed by atoms with van der Waals surface area (Å²) in [5.41, 5.74) is 12.5. The third kappa shape index (κ3) is 4.98. The van der Waals surface area contributed by atoms with Gasteiger partial charge in [0.15, 0.2) is 11.2 Å². The molecule has 0 aliphatic carbocycles. The van der Waals surface area contributed by atoms with E-state index < -0.39 is 0 Å². The first-order valence-corrected chi connectivity index (χ1v) is 21.0. The van der Waals surface area contributed by atoms with Crippen LogP contribution in [0.3, 0.4) is 0 Å². The Balaban J connectivity index is 1.15. The molecule has 0 fully saturated rings. The van der Waals surface area contributed by atoms with Crippen LogP contribution in [0.4, 0.5) is 51.2 Å². The fraction of sp³-hybridized carbons (Fsp3) is 0. The van der Waals surface area contributed by atoms with Crippen molar-refractivity contribution in [2.24, 2.45) is 0 Å². The van der Waals surface area contributed by atoms with Crippen molar-refractivity contribution in [2.75, 3.05) is 14.7 Å². The second-order valence-corrected chi connectivity index (χ2v) is 16.4. The van der Waals surface area contributed by atoms with E-state index in [1.807, 2.05) is 23.5 Å². The molecule has 282 valence electrons. The minimum Gasteiger partial charge on any atom is -0.456 e. The van der Waals surface area contributed by atoms with E-state index in [-0.39, 0.29) is 0 Å². The molecule has 0 saturated heterocycles. The standard InChI is InChI=1S/C54H33N3O2S/c1-3-13-34(14-4-1)56-39-29-38(30-40(31-39)57(35-15-5-2-6-16-35)48-22-12-20-44-43-19-11-21-47(56)53(43)59-54(44)48)55(36-25-27-50-45(32-36)41-17-7-9-23-49(41)58-50)37-26-28-52-46(33-37)42-18-8-10-24-51(42)60-52/h1-33H. The van der Waals surface area contributed by atoms with Gasteiger partial charge in [0.1, 0.15) is 11.2 Å². The van der Waals surface area contributed by atoms with Crippen LogP contribution >= 0.6 is 11.3 Å². The Morgan fingerprint density at radius 2 is 0.867 bits per heavy atom. The Morgan fingerprint density at radius 1 is 0.333 bits per heavy atom. The van der Waals surface area contributed by atoms with Crippen molar-refractivity contribution in [3.63, 3.8) is 0 Å². The van der Waals surface area contributed by atoms with E-state index >= 15 is 0 Å². The lowest BCUT2D eigenvalue weighted by molar-refractivity contribution is 0.668. The molecule has 1 aliphatic heterocycles. The van der Waals surface area contributed by atoms with E-state index in [1.54, 1.807) is 0 Å². The lowest BCUT2D eigenvalue weighted by atomic mass is 10.1. The van der Waals surface area contributed by atoms with E-state index in [0.29, 0.717) is 0 Å². The Morgan fingerprint density at radius 3 is 1.55 bits per heavy atom. The number of benzene rings is 9. The molecule has 60 heavy (non-hydrogen) atoms. The molecule has 4 heterocycles. The number of furan rings is 2. The summed E-state index contributed by atoms with van der Waals surface area (Å²) in [7, 11) is 0. The second kappa shape index (κ2) is 12.9. The summed E-state index contributed by atoms with van der Waals surface area (Å²) in [6, 6.07) is 71.6. The molecule has 0 saturated carbocycles. The number of rotatable bonds is 5. The number of fused-ring (bicyclic) bond motifs is 9. The highest BCUT2D eigenvalue weighted by atomic mass is 32.1. The summed E-state index contributed by atoms with van der Waals surface area (Å²) in [6.07, 6.45) is 0. The van der Waals surface area contributed by atoms with Gasteiger partial charge in [-0.3, -0.25) is 0 Å². The van der Waals surface area contributed by atoms with Crippen LogP contribution in [0, 0.1) is 0 Å². The zero-order valence-corrected chi connectivity index (χ0v) is 32.9. The average molecular weight is 788 g/mol. The van der Waals surface area contributed by atoms with Gasteiger partial charge in [-0.2, -0.15) is 0 Å². The maximum atomic E-state index is 7.03. The number of hydrogen-bond acceptors (Lipinski definition) is 6. The SMILES string of the molecule is c1ccc(N2c3cc(N(c4ccc5oc6ccccc6c5c4)c4ccc5sc6ccccc6c5c4)cc(c3)N(c3ccccc3)c3cccc4c3oc3c2cccc34)cc1. The monoisotopic (exact) mass is 787 g/mol. The highest BCUT2D eigenvalue weighted by Gasteiger charge is 2.28. The fourth-order valence-corrected chi connectivity index (χ4v) is 10.4. The quantitative estimate of drug-likeness (QED) is 0.174. The Hall–Kier alpha value is -7.80. The largest absolute Gasteiger partial charge is 0.456 e. The maximum absolute atomic E-state index is 7.03. The van der Waals surface area contributed by atoms with Crippen molar-refractivity contribution in [2.45, 2.75) is 0 Å². The van der Waals surface area contributed by atoms with Crippen LogP contribution < -0.4 is 14.7 Å². The van der Waals surface area contributed by atoms with Crippen LogP contribution in [0.15, 0.2) is 209 Å². The number of hydrogen-bond donors (Lipinski definition) is 0. The minimum atomic E-state index is 0.842. The maximum Gasteiger partial charge on any atom is 0.159 e. The van der Waals surface area contributed by atoms with Gasteiger partial charge in [-0.1, -0.05) is 97.1 Å². The Labute approximate surface area is 348 Å². The zero-order valence-electron chi connectivity index (χ0n) is 32.1. The molecular weight excluding hydrogens is 755 g/mol. The van der Waals surface area contributed by atoms with E-state index in [2.05, 4.69) is 203 Å². The molecule has 0 N–H and O–H groups in total. The number of anilines is 9. The molecule has 0 spiro atoms. The predicted molar refractivity (Wildman–Crippen MR) is 251 cm³/mol. The number of nitrogens with zero attached hydrogens (tertiary/aromatic N) is 3. The highest BCUT2D eigenvalue weighted by molar-refractivity contribution is 7.25. The zero-order chi connectivity index (χ0) is 39.3. The Kier molecular flexibility index (Phi) is 7.11. The van der Waals surface area contributed by atoms with Gasteiger partial charge in [-0.25, -0.2) is 0 Å². The van der Waals surface area contributed by atoms with Gasteiger partial charge < -0.3 is 23.5 Å². The molecule has 0 radical (unpaired) electrons. The summed E-state index contributed by atoms with van der Waals surface area (Å²) in [5.74, 6) is 0. The van der Waals surface area contributed by atoms with Crippen molar-refractivity contribution >= 4 is 127 Å². The topological polar surface area (TPSA) is 36.0 Å². The minimum absolute atomic E-state index is 0.842. The first kappa shape index (κ1) is 33.2. The van der Waals surface area contributed by atoms with E-state index in [0.717, 1.165) is 95.1 Å². The van der Waals surface area contributed by atoms with Crippen molar-refractivity contribution in [1.82, 2.24) is 0 Å². The summed E-state index contributed by atoms with van der Waals surface area (Å²) >= 11 is 1.84. The van der Waals surface area contributed by atoms with Gasteiger partial charge in [-0.15, -0.1) is 11.3 Å². The summed E-state index contributed by atoms with van der Waals surface area (Å²) in [4.78, 5) is 7.09. The van der Waals surface area contributed by atoms with Crippen molar-refractivity contribution in [3.05, 3.63) is 200 Å². The molecule has 6 heteroatoms. The summed E-state index contributed by atoms with van der Waals surface area (Å²) < 4.78 is 15.9. The second-order valence-electron chi connectivity index (χ2n) is 15.4. The van der Waals surface area contributed by atoms with Crippen molar-refractivity contribution < 1.29 is 8.83 Å². The van der Waals surface area contributed by atoms with Crippen LogP contribution in [0.2, 0.25) is 0 Å². The third-order valence-electron chi connectivity index (χ3n) is 11.9. The number of para-hydroxylation sites is 5. The fourth-order valence-electron chi connectivity index (χ4n) is 9.27. The normalized spacial score (nSPS) is 12.6. The van der Waals surface area contributed by atoms with Crippen molar-refractivity contribution in [3.8, 4) is 0 Å². The molecule has 0 amide bonds. The number of thiophene rings is 1. The smallest absolute Gasteiger partial charge is 0.159 e. The van der Waals surface area contributed by atoms with E-state index in [4.69, 9.17) is 8.83 Å². The van der Waals surface area contributed by atoms with Gasteiger partial charge >= 0.3 is 0 Å². The molecular formula is C54H33N3O2S. The molecule has 12 aromatic rings. The lowest BCUT2D eigenvalue weighted by Gasteiger charge is -2.33. The summed E-state index contributed by atoms with van der Waals surface area (Å²) in [5, 5.41) is 6.81. The van der Waals surface area contributed by atoms with Crippen LogP contribution in [-0.2, 0) is 0 Å². The lowest BCUT2D eigenvalue weighted by Crippen LogP contribution is -2.16. The van der Waals surface area contributed by atoms with Gasteiger partial charge in [0.25, 0.3) is 0 Å². The first-order chi connectivity index (χ1) is 29.7. The molecule has 13 rings (SSSR count). The molecule has 0 unspecified atom stereocenters. The summed E-state index contributed by atoms with van der Waals surface area (Å²) in [6.45, 7) is 0. The molecule has 5 nitrogen and oxygen atoms in total. The highest BCUT2D eigenvalue weighted by Crippen LogP contribution is 2.52. The molecule has 0 atom stereocenters. The molecule has 9 aromatic carbocycles. The molecule has 3 aromatic heterocycles. The van der Waals surface area contributed by atoms with Gasteiger partial charge in [-0.05, 0) is 103 Å². The van der Waals surface area contributed by atoms with Crippen LogP contribution in [0.5, 0.6) is 0 Å².